The number of nitro groups is 1. The van der Waals surface area contributed by atoms with Gasteiger partial charge in [-0.15, -0.1) is 0 Å². The van der Waals surface area contributed by atoms with Gasteiger partial charge in [0.2, 0.25) is 11.9 Å². The SMILES string of the molecule is CCNC1([C@H](N)CC(=O)NCC(CO)(NCC)[C@@H](CC#N)[N+](=O)[O-])COC1. The van der Waals surface area contributed by atoms with Gasteiger partial charge in [-0.25, -0.2) is 0 Å². The number of likely N-dealkylation sites (N-methyl/N-ethyl adjacent to an activating group) is 2. The van der Waals surface area contributed by atoms with Crippen LogP contribution in [-0.4, -0.2) is 78.6 Å². The smallest absolute Gasteiger partial charge is 0.247 e. The zero-order chi connectivity index (χ0) is 20.5. The van der Waals surface area contributed by atoms with Crippen LogP contribution in [0.4, 0.5) is 0 Å². The Hall–Kier alpha value is -1.84. The lowest BCUT2D eigenvalue weighted by molar-refractivity contribution is -0.534. The van der Waals surface area contributed by atoms with E-state index in [1.165, 1.54) is 0 Å². The number of nitrogens with two attached hydrogens (primary N) is 1. The van der Waals surface area contributed by atoms with Crippen molar-refractivity contribution >= 4 is 5.91 Å². The van der Waals surface area contributed by atoms with Crippen molar-refractivity contribution in [1.82, 2.24) is 16.0 Å². The standard InChI is InChI=1S/C16H30N6O5/c1-3-20-15(9-23,13(5-6-17)22(25)26)8-19-14(24)7-12(18)16(21-4-2)10-27-11-16/h12-13,20-21,23H,3-5,7-11,18H2,1-2H3,(H,19,24)/t12-,13-,15?/m1/s1. The Morgan fingerprint density at radius 1 is 1.48 bits per heavy atom. The first-order valence-corrected chi connectivity index (χ1v) is 9.02. The number of hydrogen-bond donors (Lipinski definition) is 5. The molecule has 0 saturated carbocycles. The molecule has 154 valence electrons. The van der Waals surface area contributed by atoms with Crippen molar-refractivity contribution in [2.75, 3.05) is 39.5 Å². The highest BCUT2D eigenvalue weighted by Crippen LogP contribution is 2.22. The molecule has 0 radical (unpaired) electrons. The van der Waals surface area contributed by atoms with Gasteiger partial charge in [-0.3, -0.25) is 14.9 Å². The van der Waals surface area contributed by atoms with Crippen molar-refractivity contribution in [3.8, 4) is 6.07 Å². The number of rotatable bonds is 13. The van der Waals surface area contributed by atoms with Crippen molar-refractivity contribution < 1.29 is 19.6 Å². The van der Waals surface area contributed by atoms with Gasteiger partial charge in [0.1, 0.15) is 12.0 Å². The topological polar surface area (TPSA) is 176 Å². The molecule has 1 rings (SSSR count). The molecule has 0 aromatic carbocycles. The van der Waals surface area contributed by atoms with Crippen LogP contribution in [0.5, 0.6) is 0 Å². The molecule has 1 aliphatic rings. The second-order valence-electron chi connectivity index (χ2n) is 6.77. The zero-order valence-corrected chi connectivity index (χ0v) is 15.9. The number of nitrogens with one attached hydrogen (secondary N) is 3. The molecule has 1 unspecified atom stereocenters. The molecule has 0 aromatic rings. The molecule has 11 nitrogen and oxygen atoms in total. The summed E-state index contributed by atoms with van der Waals surface area (Å²) >= 11 is 0. The fourth-order valence-corrected chi connectivity index (χ4v) is 3.27. The first kappa shape index (κ1) is 23.2. The van der Waals surface area contributed by atoms with Crippen molar-refractivity contribution in [1.29, 1.82) is 5.26 Å². The number of carbonyl (C=O) groups excluding carboxylic acids is 1. The second kappa shape index (κ2) is 10.5. The van der Waals surface area contributed by atoms with E-state index in [2.05, 4.69) is 16.0 Å². The Morgan fingerprint density at radius 2 is 2.15 bits per heavy atom. The van der Waals surface area contributed by atoms with Crippen LogP contribution in [0, 0.1) is 21.4 Å². The normalized spacial score (nSPS) is 19.8. The second-order valence-corrected chi connectivity index (χ2v) is 6.77. The molecule has 0 aromatic heterocycles. The quantitative estimate of drug-likeness (QED) is 0.179. The van der Waals surface area contributed by atoms with Crippen LogP contribution < -0.4 is 21.7 Å². The van der Waals surface area contributed by atoms with Gasteiger partial charge in [-0.1, -0.05) is 13.8 Å². The summed E-state index contributed by atoms with van der Waals surface area (Å²) in [5.41, 5.74) is 4.28. The van der Waals surface area contributed by atoms with Crippen LogP contribution in [0.3, 0.4) is 0 Å². The summed E-state index contributed by atoms with van der Waals surface area (Å²) < 4.78 is 5.22. The van der Waals surface area contributed by atoms with Crippen molar-refractivity contribution in [3.05, 3.63) is 10.1 Å². The third-order valence-electron chi connectivity index (χ3n) is 4.95. The van der Waals surface area contributed by atoms with Gasteiger partial charge in [0.15, 0.2) is 0 Å². The fourth-order valence-electron chi connectivity index (χ4n) is 3.27. The molecular weight excluding hydrogens is 356 g/mol. The molecule has 3 atom stereocenters. The number of carbonyl (C=O) groups is 1. The maximum atomic E-state index is 12.4. The summed E-state index contributed by atoms with van der Waals surface area (Å²) in [6.45, 7) is 4.71. The van der Waals surface area contributed by atoms with E-state index in [4.69, 9.17) is 15.7 Å². The van der Waals surface area contributed by atoms with E-state index in [1.54, 1.807) is 13.0 Å². The van der Waals surface area contributed by atoms with E-state index in [9.17, 15) is 20.0 Å². The summed E-state index contributed by atoms with van der Waals surface area (Å²) in [7, 11) is 0. The summed E-state index contributed by atoms with van der Waals surface area (Å²) in [5.74, 6) is -0.388. The molecule has 0 spiro atoms. The average Bonchev–Trinajstić information content (AvgIpc) is 2.59. The number of nitrogens with zero attached hydrogens (tertiary/aromatic N) is 2. The Balaban J connectivity index is 2.78. The number of nitriles is 1. The molecule has 6 N–H and O–H groups in total. The fraction of sp³-hybridized carbons (Fsp3) is 0.875. The van der Waals surface area contributed by atoms with Crippen LogP contribution >= 0.6 is 0 Å². The number of aliphatic hydroxyl groups is 1. The van der Waals surface area contributed by atoms with Gasteiger partial charge in [0.05, 0.1) is 31.4 Å². The van der Waals surface area contributed by atoms with Gasteiger partial charge in [0, 0.05) is 23.9 Å². The summed E-state index contributed by atoms with van der Waals surface area (Å²) in [6, 6.07) is -0.0845. The summed E-state index contributed by atoms with van der Waals surface area (Å²) in [6.07, 6.45) is -0.387. The maximum absolute atomic E-state index is 12.4. The summed E-state index contributed by atoms with van der Waals surface area (Å²) in [4.78, 5) is 23.1. The Labute approximate surface area is 158 Å². The number of amides is 1. The lowest BCUT2D eigenvalue weighted by Gasteiger charge is -2.46. The number of ether oxygens (including phenoxy) is 1. The van der Waals surface area contributed by atoms with Crippen molar-refractivity contribution in [2.45, 2.75) is 49.9 Å². The molecule has 1 heterocycles. The average molecular weight is 386 g/mol. The molecule has 0 bridgehead atoms. The van der Waals surface area contributed by atoms with E-state index in [0.29, 0.717) is 26.3 Å². The highest BCUT2D eigenvalue weighted by molar-refractivity contribution is 5.77. The zero-order valence-electron chi connectivity index (χ0n) is 15.9. The molecular formula is C16H30N6O5. The third-order valence-corrected chi connectivity index (χ3v) is 4.95. The molecule has 0 aliphatic carbocycles. The first-order valence-electron chi connectivity index (χ1n) is 9.02. The lowest BCUT2D eigenvalue weighted by atomic mass is 9.85. The van der Waals surface area contributed by atoms with Gasteiger partial charge in [-0.05, 0) is 13.1 Å². The van der Waals surface area contributed by atoms with Crippen molar-refractivity contribution in [2.24, 2.45) is 5.73 Å². The number of hydrogen-bond acceptors (Lipinski definition) is 9. The van der Waals surface area contributed by atoms with E-state index in [-0.39, 0.29) is 18.9 Å². The van der Waals surface area contributed by atoms with Crippen LogP contribution in [0.15, 0.2) is 0 Å². The third kappa shape index (κ3) is 5.57. The lowest BCUT2D eigenvalue weighted by Crippen LogP contribution is -2.70. The Kier molecular flexibility index (Phi) is 9.01. The molecule has 27 heavy (non-hydrogen) atoms. The molecule has 1 saturated heterocycles. The van der Waals surface area contributed by atoms with Crippen molar-refractivity contribution in [3.63, 3.8) is 0 Å². The number of aliphatic hydroxyl groups excluding tert-OH is 1. The first-order chi connectivity index (χ1) is 12.8. The van der Waals surface area contributed by atoms with E-state index in [1.807, 2.05) is 6.92 Å². The molecule has 1 aliphatic heterocycles. The largest absolute Gasteiger partial charge is 0.394 e. The van der Waals surface area contributed by atoms with Crippen LogP contribution in [0.2, 0.25) is 0 Å². The van der Waals surface area contributed by atoms with Gasteiger partial charge < -0.3 is 31.5 Å². The molecule has 1 fully saturated rings. The maximum Gasteiger partial charge on any atom is 0.247 e. The predicted molar refractivity (Wildman–Crippen MR) is 97.3 cm³/mol. The van der Waals surface area contributed by atoms with E-state index >= 15 is 0 Å². The highest BCUT2D eigenvalue weighted by atomic mass is 16.6. The van der Waals surface area contributed by atoms with Crippen LogP contribution in [0.1, 0.15) is 26.7 Å². The Bertz CT molecular complexity index is 550. The molecule has 11 heteroatoms. The van der Waals surface area contributed by atoms with Gasteiger partial charge in [0.25, 0.3) is 0 Å². The minimum Gasteiger partial charge on any atom is -0.394 e. The monoisotopic (exact) mass is 386 g/mol. The Morgan fingerprint density at radius 3 is 2.56 bits per heavy atom. The molecule has 1 amide bonds. The predicted octanol–water partition coefficient (Wildman–Crippen LogP) is -1.90. The van der Waals surface area contributed by atoms with E-state index in [0.717, 1.165) is 0 Å². The van der Waals surface area contributed by atoms with Gasteiger partial charge in [-0.2, -0.15) is 5.26 Å². The minimum atomic E-state index is -1.44. The van der Waals surface area contributed by atoms with Crippen LogP contribution in [0.25, 0.3) is 0 Å². The summed E-state index contributed by atoms with van der Waals surface area (Å²) in [5, 5.41) is 38.8. The van der Waals surface area contributed by atoms with Gasteiger partial charge >= 0.3 is 0 Å². The highest BCUT2D eigenvalue weighted by Gasteiger charge is 2.47. The van der Waals surface area contributed by atoms with E-state index < -0.39 is 41.1 Å². The minimum absolute atomic E-state index is 0.00533. The van der Waals surface area contributed by atoms with Crippen LogP contribution in [-0.2, 0) is 9.53 Å².